The number of nitrogens with one attached hydrogen (secondary N) is 2. The minimum atomic E-state index is -0.488. The maximum atomic E-state index is 12.5. The zero-order chi connectivity index (χ0) is 22.4. The van der Waals surface area contributed by atoms with E-state index >= 15 is 0 Å². The number of nitro groups is 1. The summed E-state index contributed by atoms with van der Waals surface area (Å²) in [4.78, 5) is 37.3. The van der Waals surface area contributed by atoms with Crippen molar-refractivity contribution in [2.75, 3.05) is 32.1 Å². The summed E-state index contributed by atoms with van der Waals surface area (Å²) in [6, 6.07) is 11.5. The van der Waals surface area contributed by atoms with Gasteiger partial charge in [0.2, 0.25) is 0 Å². The van der Waals surface area contributed by atoms with Gasteiger partial charge in [0.1, 0.15) is 5.75 Å². The predicted octanol–water partition coefficient (Wildman–Crippen LogP) is 3.59. The van der Waals surface area contributed by atoms with Crippen LogP contribution < -0.4 is 15.4 Å². The number of rotatable bonds is 6. The van der Waals surface area contributed by atoms with E-state index < -0.39 is 4.92 Å². The lowest BCUT2D eigenvalue weighted by atomic mass is 9.97. The van der Waals surface area contributed by atoms with Crippen LogP contribution in [0.4, 0.5) is 16.2 Å². The van der Waals surface area contributed by atoms with Gasteiger partial charge >= 0.3 is 6.03 Å². The molecule has 0 saturated carbocycles. The van der Waals surface area contributed by atoms with Gasteiger partial charge in [-0.05, 0) is 43.9 Å². The van der Waals surface area contributed by atoms with Crippen molar-refractivity contribution in [1.29, 1.82) is 0 Å². The van der Waals surface area contributed by atoms with Crippen LogP contribution in [-0.2, 0) is 0 Å². The van der Waals surface area contributed by atoms with Gasteiger partial charge < -0.3 is 20.3 Å². The van der Waals surface area contributed by atoms with E-state index in [0.29, 0.717) is 36.6 Å². The average molecular weight is 426 g/mol. The third-order valence-corrected chi connectivity index (χ3v) is 5.47. The number of ether oxygens (including phenoxy) is 1. The van der Waals surface area contributed by atoms with Crippen LogP contribution in [0.5, 0.6) is 5.75 Å². The molecular weight excluding hydrogens is 400 g/mol. The molecule has 3 amide bonds. The van der Waals surface area contributed by atoms with Gasteiger partial charge in [0, 0.05) is 36.8 Å². The summed E-state index contributed by atoms with van der Waals surface area (Å²) in [7, 11) is 1.56. The molecule has 1 aliphatic rings. The number of carbonyl (C=O) groups is 2. The van der Waals surface area contributed by atoms with Crippen LogP contribution in [0.25, 0.3) is 0 Å². The monoisotopic (exact) mass is 426 g/mol. The van der Waals surface area contributed by atoms with Crippen molar-refractivity contribution in [3.05, 3.63) is 63.7 Å². The molecular formula is C22H26N4O5. The number of hydrogen-bond acceptors (Lipinski definition) is 5. The number of anilines is 1. The maximum absolute atomic E-state index is 12.5. The second-order valence-corrected chi connectivity index (χ2v) is 7.53. The van der Waals surface area contributed by atoms with E-state index in [4.69, 9.17) is 4.74 Å². The van der Waals surface area contributed by atoms with Crippen molar-refractivity contribution in [2.45, 2.75) is 19.8 Å². The molecule has 164 valence electrons. The molecule has 0 unspecified atom stereocenters. The van der Waals surface area contributed by atoms with Crippen LogP contribution in [0.2, 0.25) is 0 Å². The van der Waals surface area contributed by atoms with E-state index in [2.05, 4.69) is 10.6 Å². The van der Waals surface area contributed by atoms with E-state index in [1.165, 1.54) is 6.07 Å². The number of piperidine rings is 1. The van der Waals surface area contributed by atoms with Gasteiger partial charge in [-0.1, -0.05) is 18.2 Å². The summed E-state index contributed by atoms with van der Waals surface area (Å²) in [6.07, 6.45) is 1.52. The number of likely N-dealkylation sites (tertiary alicyclic amines) is 1. The molecule has 3 rings (SSSR count). The standard InChI is InChI=1S/C22H26N4O5/c1-15-7-8-17(13-19(15)26(29)30)21(27)23-14-16-9-11-25(12-10-16)22(28)24-18-5-3-4-6-20(18)31-2/h3-8,13,16H,9-12,14H2,1-2H3,(H,23,27)(H,24,28). The first-order chi connectivity index (χ1) is 14.9. The Morgan fingerprint density at radius 2 is 1.90 bits per heavy atom. The molecule has 0 bridgehead atoms. The highest BCUT2D eigenvalue weighted by Gasteiger charge is 2.24. The molecule has 2 aromatic carbocycles. The second-order valence-electron chi connectivity index (χ2n) is 7.53. The molecule has 0 spiro atoms. The van der Waals surface area contributed by atoms with Crippen LogP contribution in [0.3, 0.4) is 0 Å². The average Bonchev–Trinajstić information content (AvgIpc) is 2.78. The normalized spacial score (nSPS) is 14.1. The van der Waals surface area contributed by atoms with E-state index in [1.54, 1.807) is 43.2 Å². The summed E-state index contributed by atoms with van der Waals surface area (Å²) in [5.41, 5.74) is 1.34. The summed E-state index contributed by atoms with van der Waals surface area (Å²) in [6.45, 7) is 3.26. The largest absolute Gasteiger partial charge is 0.495 e. The quantitative estimate of drug-likeness (QED) is 0.541. The lowest BCUT2D eigenvalue weighted by Gasteiger charge is -2.32. The van der Waals surface area contributed by atoms with Crippen molar-refractivity contribution >= 4 is 23.3 Å². The summed E-state index contributed by atoms with van der Waals surface area (Å²) in [5.74, 6) is 0.504. The highest BCUT2D eigenvalue weighted by molar-refractivity contribution is 5.95. The number of urea groups is 1. The number of nitrogens with zero attached hydrogens (tertiary/aromatic N) is 2. The van der Waals surface area contributed by atoms with Gasteiger partial charge in [-0.15, -0.1) is 0 Å². The lowest BCUT2D eigenvalue weighted by molar-refractivity contribution is -0.385. The Balaban J connectivity index is 1.48. The lowest BCUT2D eigenvalue weighted by Crippen LogP contribution is -2.43. The fourth-order valence-electron chi connectivity index (χ4n) is 3.57. The van der Waals surface area contributed by atoms with E-state index in [1.807, 2.05) is 12.1 Å². The Hall–Kier alpha value is -3.62. The Morgan fingerprint density at radius 1 is 1.19 bits per heavy atom. The first kappa shape index (κ1) is 22.1. The van der Waals surface area contributed by atoms with Gasteiger partial charge in [0.25, 0.3) is 11.6 Å². The van der Waals surface area contributed by atoms with Crippen LogP contribution in [0.1, 0.15) is 28.8 Å². The second kappa shape index (κ2) is 9.92. The molecule has 0 atom stereocenters. The van der Waals surface area contributed by atoms with Gasteiger partial charge in [-0.3, -0.25) is 14.9 Å². The summed E-state index contributed by atoms with van der Waals surface area (Å²) in [5, 5.41) is 16.8. The first-order valence-corrected chi connectivity index (χ1v) is 10.1. The Bertz CT molecular complexity index is 970. The van der Waals surface area contributed by atoms with Gasteiger partial charge in [-0.2, -0.15) is 0 Å². The number of aryl methyl sites for hydroxylation is 1. The number of methoxy groups -OCH3 is 1. The molecule has 1 heterocycles. The minimum absolute atomic E-state index is 0.0676. The van der Waals surface area contributed by atoms with Gasteiger partial charge in [0.05, 0.1) is 17.7 Å². The van der Waals surface area contributed by atoms with Crippen LogP contribution >= 0.6 is 0 Å². The number of benzene rings is 2. The van der Waals surface area contributed by atoms with Crippen molar-refractivity contribution in [2.24, 2.45) is 5.92 Å². The zero-order valence-corrected chi connectivity index (χ0v) is 17.6. The van der Waals surface area contributed by atoms with E-state index in [-0.39, 0.29) is 29.1 Å². The van der Waals surface area contributed by atoms with E-state index in [9.17, 15) is 19.7 Å². The number of carbonyl (C=O) groups excluding carboxylic acids is 2. The summed E-state index contributed by atoms with van der Waals surface area (Å²) >= 11 is 0. The molecule has 1 fully saturated rings. The van der Waals surface area contributed by atoms with Crippen molar-refractivity contribution in [3.8, 4) is 5.75 Å². The molecule has 2 aromatic rings. The Morgan fingerprint density at radius 3 is 2.58 bits per heavy atom. The van der Waals surface area contributed by atoms with Gasteiger partial charge in [-0.25, -0.2) is 4.79 Å². The molecule has 31 heavy (non-hydrogen) atoms. The molecule has 0 aliphatic carbocycles. The number of nitro benzene ring substituents is 1. The fourth-order valence-corrected chi connectivity index (χ4v) is 3.57. The molecule has 9 nitrogen and oxygen atoms in total. The molecule has 0 aromatic heterocycles. The predicted molar refractivity (Wildman–Crippen MR) is 116 cm³/mol. The minimum Gasteiger partial charge on any atom is -0.495 e. The number of para-hydroxylation sites is 2. The van der Waals surface area contributed by atoms with E-state index in [0.717, 1.165) is 12.8 Å². The fraction of sp³-hybridized carbons (Fsp3) is 0.364. The van der Waals surface area contributed by atoms with Crippen LogP contribution in [0.15, 0.2) is 42.5 Å². The number of hydrogen-bond donors (Lipinski definition) is 2. The Labute approximate surface area is 180 Å². The topological polar surface area (TPSA) is 114 Å². The highest BCUT2D eigenvalue weighted by Crippen LogP contribution is 2.25. The Kier molecular flexibility index (Phi) is 7.07. The third kappa shape index (κ3) is 5.50. The van der Waals surface area contributed by atoms with Crippen molar-refractivity contribution in [1.82, 2.24) is 10.2 Å². The molecule has 0 radical (unpaired) electrons. The molecule has 2 N–H and O–H groups in total. The molecule has 1 saturated heterocycles. The zero-order valence-electron chi connectivity index (χ0n) is 17.6. The van der Waals surface area contributed by atoms with Crippen LogP contribution in [0, 0.1) is 23.0 Å². The molecule has 1 aliphatic heterocycles. The maximum Gasteiger partial charge on any atom is 0.321 e. The SMILES string of the molecule is COc1ccccc1NC(=O)N1CCC(CNC(=O)c2ccc(C)c([N+](=O)[O-])c2)CC1. The highest BCUT2D eigenvalue weighted by atomic mass is 16.6. The first-order valence-electron chi connectivity index (χ1n) is 10.1. The molecule has 9 heteroatoms. The van der Waals surface area contributed by atoms with Gasteiger partial charge in [0.15, 0.2) is 0 Å². The summed E-state index contributed by atoms with van der Waals surface area (Å²) < 4.78 is 5.26. The van der Waals surface area contributed by atoms with Crippen LogP contribution in [-0.4, -0.2) is 48.5 Å². The van der Waals surface area contributed by atoms with Crippen molar-refractivity contribution < 1.29 is 19.2 Å². The number of amides is 3. The third-order valence-electron chi connectivity index (χ3n) is 5.47. The van der Waals surface area contributed by atoms with Crippen molar-refractivity contribution in [3.63, 3.8) is 0 Å². The smallest absolute Gasteiger partial charge is 0.321 e.